The second-order valence-electron chi connectivity index (χ2n) is 4.96. The highest BCUT2D eigenvalue weighted by Crippen LogP contribution is 2.30. The summed E-state index contributed by atoms with van der Waals surface area (Å²) in [5, 5.41) is 8.85. The molecular weight excluding hydrogens is 249 g/mol. The van der Waals surface area contributed by atoms with Gasteiger partial charge in [0, 0.05) is 6.20 Å². The molecule has 0 aromatic carbocycles. The van der Waals surface area contributed by atoms with Crippen molar-refractivity contribution in [3.63, 3.8) is 0 Å². The molecule has 1 aromatic rings. The van der Waals surface area contributed by atoms with Crippen LogP contribution in [-0.4, -0.2) is 22.2 Å². The minimum atomic E-state index is -1.31. The number of hydrogen-bond acceptors (Lipinski definition) is 3. The minimum Gasteiger partial charge on any atom is -0.478 e. The lowest BCUT2D eigenvalue weighted by molar-refractivity contribution is 0.0686. The van der Waals surface area contributed by atoms with Crippen molar-refractivity contribution in [2.45, 2.75) is 45.1 Å². The van der Waals surface area contributed by atoms with Crippen molar-refractivity contribution in [1.29, 1.82) is 0 Å². The van der Waals surface area contributed by atoms with Crippen LogP contribution in [0.15, 0.2) is 12.3 Å². The number of rotatable bonds is 4. The number of hydrogen-bond donors (Lipinski definition) is 1. The van der Waals surface area contributed by atoms with Gasteiger partial charge in [-0.25, -0.2) is 14.2 Å². The molecule has 2 atom stereocenters. The first kappa shape index (κ1) is 13.8. The lowest BCUT2D eigenvalue weighted by Crippen LogP contribution is -2.26. The van der Waals surface area contributed by atoms with Crippen LogP contribution in [0.4, 0.5) is 4.39 Å². The van der Waals surface area contributed by atoms with Gasteiger partial charge in [-0.3, -0.25) is 0 Å². The summed E-state index contributed by atoms with van der Waals surface area (Å²) in [6.45, 7) is 2.14. The number of aromatic carboxylic acids is 1. The molecule has 5 heteroatoms. The lowest BCUT2D eigenvalue weighted by atomic mass is 9.85. The van der Waals surface area contributed by atoms with E-state index in [9.17, 15) is 9.18 Å². The van der Waals surface area contributed by atoms with E-state index in [0.29, 0.717) is 5.92 Å². The molecule has 1 N–H and O–H groups in total. The highest BCUT2D eigenvalue weighted by Gasteiger charge is 2.25. The smallest absolute Gasteiger partial charge is 0.338 e. The van der Waals surface area contributed by atoms with Gasteiger partial charge in [0.05, 0.1) is 0 Å². The predicted octanol–water partition coefficient (Wildman–Crippen LogP) is 3.27. The Morgan fingerprint density at radius 2 is 2.37 bits per heavy atom. The second-order valence-corrected chi connectivity index (χ2v) is 4.96. The average Bonchev–Trinajstić information content (AvgIpc) is 2.41. The molecule has 1 saturated carbocycles. The molecule has 2 unspecified atom stereocenters. The number of ether oxygens (including phenoxy) is 1. The van der Waals surface area contributed by atoms with Gasteiger partial charge in [0.15, 0.2) is 5.82 Å². The first-order valence-electron chi connectivity index (χ1n) is 6.66. The Labute approximate surface area is 111 Å². The first-order chi connectivity index (χ1) is 9.11. The van der Waals surface area contributed by atoms with Crippen molar-refractivity contribution in [3.05, 3.63) is 23.6 Å². The zero-order chi connectivity index (χ0) is 13.8. The lowest BCUT2D eigenvalue weighted by Gasteiger charge is -2.28. The quantitative estimate of drug-likeness (QED) is 0.909. The third kappa shape index (κ3) is 3.22. The molecule has 19 heavy (non-hydrogen) atoms. The van der Waals surface area contributed by atoms with Gasteiger partial charge in [0.2, 0.25) is 0 Å². The topological polar surface area (TPSA) is 59.4 Å². The van der Waals surface area contributed by atoms with Crippen molar-refractivity contribution in [2.75, 3.05) is 0 Å². The summed E-state index contributed by atoms with van der Waals surface area (Å²) in [6, 6.07) is 1.14. The van der Waals surface area contributed by atoms with Gasteiger partial charge in [-0.05, 0) is 31.2 Å². The molecule has 1 aliphatic rings. The maximum Gasteiger partial charge on any atom is 0.338 e. The van der Waals surface area contributed by atoms with Crippen LogP contribution in [0.1, 0.15) is 49.4 Å². The Hall–Kier alpha value is -1.65. The van der Waals surface area contributed by atoms with E-state index >= 15 is 0 Å². The highest BCUT2D eigenvalue weighted by atomic mass is 19.1. The minimum absolute atomic E-state index is 0.0651. The zero-order valence-corrected chi connectivity index (χ0v) is 10.9. The van der Waals surface area contributed by atoms with Gasteiger partial charge in [-0.1, -0.05) is 19.8 Å². The number of aromatic nitrogens is 1. The molecule has 0 saturated heterocycles. The van der Waals surface area contributed by atoms with Crippen molar-refractivity contribution in [1.82, 2.24) is 4.98 Å². The molecule has 4 nitrogen and oxygen atoms in total. The van der Waals surface area contributed by atoms with E-state index in [1.807, 2.05) is 0 Å². The maximum atomic E-state index is 13.9. The number of carboxylic acids is 1. The Morgan fingerprint density at radius 3 is 3.05 bits per heavy atom. The summed E-state index contributed by atoms with van der Waals surface area (Å²) in [5.74, 6) is -1.78. The van der Waals surface area contributed by atoms with E-state index < -0.39 is 17.3 Å². The summed E-state index contributed by atoms with van der Waals surface area (Å²) >= 11 is 0. The molecule has 1 heterocycles. The van der Waals surface area contributed by atoms with Gasteiger partial charge < -0.3 is 9.84 Å². The van der Waals surface area contributed by atoms with Crippen molar-refractivity contribution < 1.29 is 19.0 Å². The van der Waals surface area contributed by atoms with Crippen LogP contribution >= 0.6 is 0 Å². The molecule has 1 aliphatic carbocycles. The Balaban J connectivity index is 2.10. The molecule has 104 valence electrons. The molecule has 0 amide bonds. The normalized spacial score (nSPS) is 23.1. The van der Waals surface area contributed by atoms with Gasteiger partial charge in [0.25, 0.3) is 5.88 Å². The summed E-state index contributed by atoms with van der Waals surface area (Å²) in [5.41, 5.74) is -0.396. The Bertz CT molecular complexity index is 464. The van der Waals surface area contributed by atoms with Crippen LogP contribution < -0.4 is 4.74 Å². The number of carboxylic acid groups (broad SMARTS) is 1. The number of pyridine rings is 1. The largest absolute Gasteiger partial charge is 0.478 e. The van der Waals surface area contributed by atoms with Gasteiger partial charge in [-0.15, -0.1) is 0 Å². The van der Waals surface area contributed by atoms with Gasteiger partial charge >= 0.3 is 5.97 Å². The zero-order valence-electron chi connectivity index (χ0n) is 10.9. The van der Waals surface area contributed by atoms with E-state index in [2.05, 4.69) is 11.9 Å². The molecule has 1 aromatic heterocycles. The van der Waals surface area contributed by atoms with Crippen molar-refractivity contribution >= 4 is 5.97 Å². The van der Waals surface area contributed by atoms with Crippen LogP contribution in [0, 0.1) is 11.7 Å². The van der Waals surface area contributed by atoms with E-state index in [4.69, 9.17) is 9.84 Å². The molecule has 0 spiro atoms. The maximum absolute atomic E-state index is 13.9. The summed E-state index contributed by atoms with van der Waals surface area (Å²) < 4.78 is 19.4. The SMILES string of the molecule is CCC1CCCC(Oc2nccc(C(=O)O)c2F)C1. The van der Waals surface area contributed by atoms with Crippen molar-refractivity contribution in [2.24, 2.45) is 5.92 Å². The standard InChI is InChI=1S/C14H18FNO3/c1-2-9-4-3-5-10(8-9)19-13-12(15)11(14(17)18)6-7-16-13/h6-7,9-10H,2-5,8H2,1H3,(H,17,18). The number of nitrogens with zero attached hydrogens (tertiary/aromatic N) is 1. The second kappa shape index (κ2) is 5.99. The molecular formula is C14H18FNO3. The molecule has 0 bridgehead atoms. The number of halogens is 1. The van der Waals surface area contributed by atoms with Crippen LogP contribution in [0.3, 0.4) is 0 Å². The Morgan fingerprint density at radius 1 is 1.58 bits per heavy atom. The van der Waals surface area contributed by atoms with Gasteiger partial charge in [0.1, 0.15) is 11.7 Å². The van der Waals surface area contributed by atoms with E-state index in [1.54, 1.807) is 0 Å². The van der Waals surface area contributed by atoms with Gasteiger partial charge in [-0.2, -0.15) is 0 Å². The number of carbonyl (C=O) groups is 1. The van der Waals surface area contributed by atoms with Crippen LogP contribution in [0.25, 0.3) is 0 Å². The monoisotopic (exact) mass is 267 g/mol. The van der Waals surface area contributed by atoms with Crippen LogP contribution in [-0.2, 0) is 0 Å². The fraction of sp³-hybridized carbons (Fsp3) is 0.571. The molecule has 2 rings (SSSR count). The highest BCUT2D eigenvalue weighted by molar-refractivity contribution is 5.88. The fourth-order valence-corrected chi connectivity index (χ4v) is 2.55. The third-order valence-corrected chi connectivity index (χ3v) is 3.68. The summed E-state index contributed by atoms with van der Waals surface area (Å²) in [4.78, 5) is 14.6. The summed E-state index contributed by atoms with van der Waals surface area (Å²) in [6.07, 6.45) is 6.28. The van der Waals surface area contributed by atoms with E-state index in [-0.39, 0.29) is 12.0 Å². The van der Waals surface area contributed by atoms with Crippen molar-refractivity contribution in [3.8, 4) is 5.88 Å². The van der Waals surface area contributed by atoms with E-state index in [1.165, 1.54) is 12.6 Å². The average molecular weight is 267 g/mol. The molecule has 1 fully saturated rings. The molecule has 0 aliphatic heterocycles. The first-order valence-corrected chi connectivity index (χ1v) is 6.66. The molecule has 0 radical (unpaired) electrons. The van der Waals surface area contributed by atoms with Crippen LogP contribution in [0.2, 0.25) is 0 Å². The van der Waals surface area contributed by atoms with E-state index in [0.717, 1.165) is 31.7 Å². The fourth-order valence-electron chi connectivity index (χ4n) is 2.55. The summed E-state index contributed by atoms with van der Waals surface area (Å²) in [7, 11) is 0. The predicted molar refractivity (Wildman–Crippen MR) is 67.8 cm³/mol. The van der Waals surface area contributed by atoms with Crippen LogP contribution in [0.5, 0.6) is 5.88 Å². The third-order valence-electron chi connectivity index (χ3n) is 3.68. The Kier molecular flexibility index (Phi) is 4.35.